The molecule has 0 saturated carbocycles. The highest BCUT2D eigenvalue weighted by Crippen LogP contribution is 2.10. The quantitative estimate of drug-likeness (QED) is 0.335. The van der Waals surface area contributed by atoms with Gasteiger partial charge in [-0.25, -0.2) is 4.79 Å². The summed E-state index contributed by atoms with van der Waals surface area (Å²) in [5.41, 5.74) is -0.470. The van der Waals surface area contributed by atoms with Gasteiger partial charge in [-0.2, -0.15) is 0 Å². The SMILES string of the molecule is CC(C)(C)OC(=O)C#CC1CCCO1. The topological polar surface area (TPSA) is 35.5 Å². The third-order valence-corrected chi connectivity index (χ3v) is 1.66. The molecule has 14 heavy (non-hydrogen) atoms. The van der Waals surface area contributed by atoms with E-state index in [1.165, 1.54) is 0 Å². The summed E-state index contributed by atoms with van der Waals surface area (Å²) in [6, 6.07) is 0. The van der Waals surface area contributed by atoms with Crippen LogP contribution in [0.4, 0.5) is 0 Å². The molecule has 1 rings (SSSR count). The molecular formula is C11H16O3. The molecule has 0 aromatic rings. The first-order chi connectivity index (χ1) is 6.47. The average Bonchev–Trinajstić information content (AvgIpc) is 2.49. The second kappa shape index (κ2) is 4.47. The summed E-state index contributed by atoms with van der Waals surface area (Å²) in [7, 11) is 0. The molecular weight excluding hydrogens is 180 g/mol. The molecule has 1 fully saturated rings. The Morgan fingerprint density at radius 3 is 2.71 bits per heavy atom. The van der Waals surface area contributed by atoms with E-state index in [1.807, 2.05) is 20.8 Å². The van der Waals surface area contributed by atoms with Crippen LogP contribution in [0.15, 0.2) is 0 Å². The molecule has 1 saturated heterocycles. The second-order valence-corrected chi connectivity index (χ2v) is 4.27. The Kier molecular flexibility index (Phi) is 3.54. The Labute approximate surface area is 84.8 Å². The summed E-state index contributed by atoms with van der Waals surface area (Å²) in [4.78, 5) is 11.2. The van der Waals surface area contributed by atoms with Crippen molar-refractivity contribution in [2.75, 3.05) is 6.61 Å². The minimum absolute atomic E-state index is 0.0810. The fourth-order valence-electron chi connectivity index (χ4n) is 1.13. The molecule has 0 N–H and O–H groups in total. The van der Waals surface area contributed by atoms with Crippen LogP contribution in [0.5, 0.6) is 0 Å². The van der Waals surface area contributed by atoms with E-state index < -0.39 is 11.6 Å². The summed E-state index contributed by atoms with van der Waals surface area (Å²) in [6.45, 7) is 6.20. The van der Waals surface area contributed by atoms with Gasteiger partial charge in [-0.05, 0) is 33.6 Å². The second-order valence-electron chi connectivity index (χ2n) is 4.27. The van der Waals surface area contributed by atoms with Gasteiger partial charge >= 0.3 is 5.97 Å². The number of hydrogen-bond donors (Lipinski definition) is 0. The summed E-state index contributed by atoms with van der Waals surface area (Å²) >= 11 is 0. The van der Waals surface area contributed by atoms with Crippen LogP contribution >= 0.6 is 0 Å². The van der Waals surface area contributed by atoms with Crippen LogP contribution in [0.1, 0.15) is 33.6 Å². The van der Waals surface area contributed by atoms with Crippen LogP contribution < -0.4 is 0 Å². The molecule has 1 heterocycles. The molecule has 3 nitrogen and oxygen atoms in total. The van der Waals surface area contributed by atoms with Gasteiger partial charge in [0.15, 0.2) is 0 Å². The number of hydrogen-bond acceptors (Lipinski definition) is 3. The molecule has 0 aromatic carbocycles. The van der Waals surface area contributed by atoms with Gasteiger partial charge in [-0.3, -0.25) is 0 Å². The van der Waals surface area contributed by atoms with Gasteiger partial charge in [0.25, 0.3) is 0 Å². The van der Waals surface area contributed by atoms with Crippen molar-refractivity contribution < 1.29 is 14.3 Å². The van der Waals surface area contributed by atoms with E-state index in [0.717, 1.165) is 19.4 Å². The lowest BCUT2D eigenvalue weighted by Crippen LogP contribution is -2.23. The number of rotatable bonds is 0. The van der Waals surface area contributed by atoms with Gasteiger partial charge in [-0.1, -0.05) is 5.92 Å². The Morgan fingerprint density at radius 1 is 1.50 bits per heavy atom. The van der Waals surface area contributed by atoms with Crippen molar-refractivity contribution in [3.63, 3.8) is 0 Å². The monoisotopic (exact) mass is 196 g/mol. The van der Waals surface area contributed by atoms with Crippen molar-refractivity contribution in [1.82, 2.24) is 0 Å². The molecule has 0 aliphatic carbocycles. The molecule has 0 spiro atoms. The molecule has 0 aromatic heterocycles. The van der Waals surface area contributed by atoms with Crippen LogP contribution in [0.3, 0.4) is 0 Å². The summed E-state index contributed by atoms with van der Waals surface area (Å²) in [5, 5.41) is 0. The highest BCUT2D eigenvalue weighted by atomic mass is 16.6. The molecule has 0 radical (unpaired) electrons. The first-order valence-corrected chi connectivity index (χ1v) is 4.83. The Bertz CT molecular complexity index is 258. The summed E-state index contributed by atoms with van der Waals surface area (Å²) in [5.74, 6) is 4.72. The fourth-order valence-corrected chi connectivity index (χ4v) is 1.13. The van der Waals surface area contributed by atoms with E-state index in [-0.39, 0.29) is 6.10 Å². The zero-order valence-electron chi connectivity index (χ0n) is 8.92. The first-order valence-electron chi connectivity index (χ1n) is 4.83. The van der Waals surface area contributed by atoms with Crippen molar-refractivity contribution in [2.45, 2.75) is 45.3 Å². The first kappa shape index (κ1) is 11.1. The normalized spacial score (nSPS) is 21.2. The number of esters is 1. The van der Waals surface area contributed by atoms with Crippen LogP contribution in [-0.4, -0.2) is 24.3 Å². The van der Waals surface area contributed by atoms with Crippen molar-refractivity contribution in [2.24, 2.45) is 0 Å². The summed E-state index contributed by atoms with van der Waals surface area (Å²) in [6.07, 6.45) is 1.85. The Balaban J connectivity index is 2.39. The van der Waals surface area contributed by atoms with E-state index >= 15 is 0 Å². The third-order valence-electron chi connectivity index (χ3n) is 1.66. The maximum atomic E-state index is 11.2. The van der Waals surface area contributed by atoms with Crippen molar-refractivity contribution in [3.8, 4) is 11.8 Å². The molecule has 1 aliphatic rings. The zero-order chi connectivity index (χ0) is 10.6. The van der Waals surface area contributed by atoms with Gasteiger partial charge in [0.05, 0.1) is 0 Å². The fraction of sp³-hybridized carbons (Fsp3) is 0.727. The molecule has 0 amide bonds. The van der Waals surface area contributed by atoms with Crippen LogP contribution in [0.25, 0.3) is 0 Å². The number of carbonyl (C=O) groups excluding carboxylic acids is 1. The van der Waals surface area contributed by atoms with Gasteiger partial charge in [-0.15, -0.1) is 0 Å². The van der Waals surface area contributed by atoms with Crippen LogP contribution in [-0.2, 0) is 14.3 Å². The predicted octanol–water partition coefficient (Wildman–Crippen LogP) is 1.51. The van der Waals surface area contributed by atoms with Crippen LogP contribution in [0, 0.1) is 11.8 Å². The predicted molar refractivity (Wildman–Crippen MR) is 52.6 cm³/mol. The lowest BCUT2D eigenvalue weighted by atomic mass is 10.2. The third kappa shape index (κ3) is 4.29. The lowest BCUT2D eigenvalue weighted by Gasteiger charge is -2.16. The van der Waals surface area contributed by atoms with E-state index in [4.69, 9.17) is 9.47 Å². The molecule has 0 bridgehead atoms. The minimum Gasteiger partial charge on any atom is -0.450 e. The smallest absolute Gasteiger partial charge is 0.384 e. The maximum absolute atomic E-state index is 11.2. The van der Waals surface area contributed by atoms with E-state index in [9.17, 15) is 4.79 Å². The molecule has 1 unspecified atom stereocenters. The number of carbonyl (C=O) groups is 1. The highest BCUT2D eigenvalue weighted by Gasteiger charge is 2.15. The van der Waals surface area contributed by atoms with Gasteiger partial charge in [0.2, 0.25) is 0 Å². The molecule has 78 valence electrons. The minimum atomic E-state index is -0.479. The highest BCUT2D eigenvalue weighted by molar-refractivity contribution is 5.88. The van der Waals surface area contributed by atoms with E-state index in [2.05, 4.69) is 11.8 Å². The van der Waals surface area contributed by atoms with E-state index in [0.29, 0.717) is 0 Å². The van der Waals surface area contributed by atoms with E-state index in [1.54, 1.807) is 0 Å². The van der Waals surface area contributed by atoms with Crippen molar-refractivity contribution >= 4 is 5.97 Å². The molecule has 1 atom stereocenters. The molecule has 3 heteroatoms. The average molecular weight is 196 g/mol. The standard InChI is InChI=1S/C11H16O3/c1-11(2,3)14-10(12)7-6-9-5-4-8-13-9/h9H,4-5,8H2,1-3H3. The van der Waals surface area contributed by atoms with Crippen LogP contribution in [0.2, 0.25) is 0 Å². The summed E-state index contributed by atoms with van der Waals surface area (Å²) < 4.78 is 10.3. The zero-order valence-corrected chi connectivity index (χ0v) is 8.92. The Hall–Kier alpha value is -1.01. The largest absolute Gasteiger partial charge is 0.450 e. The molecule has 1 aliphatic heterocycles. The Morgan fingerprint density at radius 2 is 2.21 bits per heavy atom. The maximum Gasteiger partial charge on any atom is 0.384 e. The van der Waals surface area contributed by atoms with Crippen molar-refractivity contribution in [3.05, 3.63) is 0 Å². The van der Waals surface area contributed by atoms with Gasteiger partial charge in [0, 0.05) is 12.5 Å². The number of ether oxygens (including phenoxy) is 2. The van der Waals surface area contributed by atoms with Gasteiger partial charge in [0.1, 0.15) is 11.7 Å². The van der Waals surface area contributed by atoms with Crippen molar-refractivity contribution in [1.29, 1.82) is 0 Å². The van der Waals surface area contributed by atoms with Gasteiger partial charge < -0.3 is 9.47 Å². The lowest BCUT2D eigenvalue weighted by molar-refractivity contribution is -0.147.